The predicted octanol–water partition coefficient (Wildman–Crippen LogP) is 15.4. The molecule has 2 saturated heterocycles. The van der Waals surface area contributed by atoms with Gasteiger partial charge in [-0.1, -0.05) is 78.2 Å². The van der Waals surface area contributed by atoms with Crippen molar-refractivity contribution < 1.29 is 81.6 Å². The topological polar surface area (TPSA) is 369 Å². The van der Waals surface area contributed by atoms with Crippen molar-refractivity contribution in [2.45, 2.75) is 51.2 Å². The van der Waals surface area contributed by atoms with Crippen LogP contribution in [0.15, 0.2) is 127 Å². The molecule has 8 heterocycles. The molecule has 5 aliphatic rings. The van der Waals surface area contributed by atoms with Gasteiger partial charge in [-0.3, -0.25) is 44.2 Å². The van der Waals surface area contributed by atoms with Gasteiger partial charge in [0.1, 0.15) is 43.5 Å². The van der Waals surface area contributed by atoms with Crippen LogP contribution in [0.4, 0.5) is 22.7 Å². The number of nitrogens with zero attached hydrogens (tertiary/aromatic N) is 8. The summed E-state index contributed by atoms with van der Waals surface area (Å²) in [6, 6.07) is 33.5. The minimum atomic E-state index is -1.82. The number of imide groups is 1. The number of amides is 2. The molecule has 11 aromatic rings. The van der Waals surface area contributed by atoms with Gasteiger partial charge in [-0.15, -0.1) is 0 Å². The Bertz CT molecular complexity index is 5570. The third-order valence-corrected chi connectivity index (χ3v) is 21.6. The standard InChI is InChI=1S/C21H15ClN2O5.C20H24N2O3Si.C13H11ClN2O5.C11H7ClN2O4.C11H8ClNO2/c1-27-16-7-6-15-13(10-14(18(22)23-15)21-28-8-9-29-21)17(16)24-19(25)11-4-2-3-5-12(11)20(24)26;1-25-16-6-5-13-11(18(16)21)9-12-14(23)7-10-8-15(24)20(26(2,3)4)17(10)19(12)22-13;1-19-10-3-2-9-7(11(10)16(17)18)6-8(12(14)15-9)13-20-4-5-21-13;1-18-9-3-2-8-7(10(9)14(16)17)4-6(5-15)11(12)13-8;1-15-9-2-3-10-7(5-9)4-8(6-14)11(12)13-10/h2-7,10,21H,8-9H2,1H3;5-6,9-10,14,23H,7-8,21H2,1-4H3;2-3,6,13H,4-5H2,1H3;2-5H,1H3;2-6H,1H3. The summed E-state index contributed by atoms with van der Waals surface area (Å²) in [6.45, 7) is 8.38. The molecule has 5 aromatic heterocycles. The van der Waals surface area contributed by atoms with Crippen LogP contribution in [0.3, 0.4) is 0 Å². The van der Waals surface area contributed by atoms with E-state index in [4.69, 9.17) is 99.8 Å². The number of benzene rings is 6. The average molecular weight is 1580 g/mol. The third kappa shape index (κ3) is 15.3. The van der Waals surface area contributed by atoms with Gasteiger partial charge >= 0.3 is 11.4 Å². The number of hydrogen-bond acceptors (Lipinski definition) is 25. The minimum absolute atomic E-state index is 0.0111. The van der Waals surface area contributed by atoms with E-state index in [0.717, 1.165) is 54.5 Å². The summed E-state index contributed by atoms with van der Waals surface area (Å²) in [5.41, 5.74) is 14.3. The molecule has 109 heavy (non-hydrogen) atoms. The fraction of sp³-hybridized carbons (Fsp3) is 0.237. The SMILES string of the molecule is COc1ccc2nc(Cl)c(C3OCCO3)cc2c1N1C(=O)c2ccccc2C1=O.COc1ccc2nc(Cl)c(C3OCCO3)cc2c1[N+](=O)[O-].COc1ccc2nc(Cl)c(C=O)cc2c1.COc1ccc2nc(Cl)c(C=O)cc2c1[N+](=O)[O-].COc1ccc2nc3c(cc2c1N)C(O)CC1CC(=O)C([Si](C)(C)C)=C31. The highest BCUT2D eigenvalue weighted by molar-refractivity contribution is 6.88. The summed E-state index contributed by atoms with van der Waals surface area (Å²) >= 11 is 24.0. The van der Waals surface area contributed by atoms with Crippen LogP contribution in [0.5, 0.6) is 28.7 Å². The monoisotopic (exact) mass is 1580 g/mol. The van der Waals surface area contributed by atoms with E-state index in [1.807, 2.05) is 18.2 Å². The van der Waals surface area contributed by atoms with Crippen LogP contribution in [0.25, 0.3) is 60.1 Å². The van der Waals surface area contributed by atoms with Gasteiger partial charge in [-0.05, 0) is 132 Å². The predicted molar refractivity (Wildman–Crippen MR) is 410 cm³/mol. The number of aldehydes is 2. The van der Waals surface area contributed by atoms with Gasteiger partial charge < -0.3 is 53.5 Å². The van der Waals surface area contributed by atoms with E-state index in [1.165, 1.54) is 39.5 Å². The number of carbonyl (C=O) groups excluding carboxylic acids is 5. The number of anilines is 2. The Morgan fingerprint density at radius 2 is 0.982 bits per heavy atom. The van der Waals surface area contributed by atoms with Crippen LogP contribution in [-0.4, -0.2) is 140 Å². The summed E-state index contributed by atoms with van der Waals surface area (Å²) in [5, 5.41) is 37.5. The number of nitrogens with two attached hydrogens (primary N) is 1. The lowest BCUT2D eigenvalue weighted by Gasteiger charge is -2.30. The number of pyridine rings is 5. The highest BCUT2D eigenvalue weighted by Gasteiger charge is 2.45. The molecule has 0 spiro atoms. The van der Waals surface area contributed by atoms with Gasteiger partial charge in [0.05, 0.1) is 158 Å². The van der Waals surface area contributed by atoms with Crippen molar-refractivity contribution in [2.24, 2.45) is 5.92 Å². The molecule has 6 aromatic carbocycles. The second-order valence-corrected chi connectivity index (χ2v) is 32.2. The van der Waals surface area contributed by atoms with Gasteiger partial charge in [0.15, 0.2) is 42.4 Å². The zero-order valence-corrected chi connectivity index (χ0v) is 63.2. The van der Waals surface area contributed by atoms with Crippen molar-refractivity contribution in [1.29, 1.82) is 0 Å². The van der Waals surface area contributed by atoms with E-state index in [-0.39, 0.29) is 66.1 Å². The molecule has 16 rings (SSSR count). The molecule has 33 heteroatoms. The lowest BCUT2D eigenvalue weighted by molar-refractivity contribution is -0.384. The highest BCUT2D eigenvalue weighted by Crippen LogP contribution is 2.51. The minimum Gasteiger partial charge on any atom is -0.497 e. The van der Waals surface area contributed by atoms with Crippen molar-refractivity contribution in [2.75, 3.05) is 72.6 Å². The molecule has 0 bridgehead atoms. The number of aliphatic hydroxyl groups excluding tert-OH is 1. The van der Waals surface area contributed by atoms with Crippen molar-refractivity contribution in [3.63, 3.8) is 0 Å². The van der Waals surface area contributed by atoms with Gasteiger partial charge in [0.25, 0.3) is 11.8 Å². The number of aliphatic hydroxyl groups is 1. The number of halogens is 4. The maximum absolute atomic E-state index is 13.1. The number of hydrogen-bond donors (Lipinski definition) is 2. The van der Waals surface area contributed by atoms with Crippen LogP contribution in [0, 0.1) is 26.1 Å². The van der Waals surface area contributed by atoms with Gasteiger partial charge in [-0.25, -0.2) is 29.8 Å². The maximum Gasteiger partial charge on any atom is 0.320 e. The lowest BCUT2D eigenvalue weighted by Crippen LogP contribution is -2.30. The summed E-state index contributed by atoms with van der Waals surface area (Å²) in [6.07, 6.45) is 0.317. The first-order valence-corrected chi connectivity index (χ1v) is 38.3. The first-order chi connectivity index (χ1) is 52.2. The zero-order valence-electron chi connectivity index (χ0n) is 59.2. The number of Topliss-reactive ketones (excluding diaryl/α,β-unsaturated/α-hetero) is 1. The van der Waals surface area contributed by atoms with Crippen molar-refractivity contribution in [3.8, 4) is 28.7 Å². The molecule has 28 nitrogen and oxygen atoms in total. The normalized spacial score (nSPS) is 15.9. The molecular weight excluding hydrogens is 1510 g/mol. The molecule has 3 N–H and O–H groups in total. The number of ketones is 1. The summed E-state index contributed by atoms with van der Waals surface area (Å²) in [5.74, 6) is 1.44. The number of ether oxygens (including phenoxy) is 9. The highest BCUT2D eigenvalue weighted by atomic mass is 35.5. The molecular formula is C76H65Cl4N9O19Si. The van der Waals surface area contributed by atoms with E-state index < -0.39 is 48.4 Å². The Kier molecular flexibility index (Phi) is 23.1. The molecule has 560 valence electrons. The largest absolute Gasteiger partial charge is 0.497 e. The number of methoxy groups -OCH3 is 5. The number of nitro groups is 2. The Morgan fingerprint density at radius 1 is 0.541 bits per heavy atom. The van der Waals surface area contributed by atoms with Crippen LogP contribution in [-0.2, 0) is 23.7 Å². The number of nitro benzene ring substituents is 2. The fourth-order valence-electron chi connectivity index (χ4n) is 13.4. The smallest absolute Gasteiger partial charge is 0.320 e. The number of allylic oxidation sites excluding steroid dienone is 2. The number of carbonyl (C=O) groups is 5. The second-order valence-electron chi connectivity index (χ2n) is 25.8. The van der Waals surface area contributed by atoms with Gasteiger partial charge in [0, 0.05) is 39.3 Å². The Morgan fingerprint density at radius 3 is 1.48 bits per heavy atom. The third-order valence-electron chi connectivity index (χ3n) is 18.3. The quantitative estimate of drug-likeness (QED) is 0.0206. The fourth-order valence-corrected chi connectivity index (χ4v) is 16.3. The van der Waals surface area contributed by atoms with Crippen LogP contribution in [0.2, 0.25) is 40.3 Å². The maximum atomic E-state index is 13.1. The zero-order chi connectivity index (χ0) is 78.0. The molecule has 0 saturated carbocycles. The van der Waals surface area contributed by atoms with E-state index in [9.17, 15) is 49.3 Å². The number of aromatic nitrogens is 5. The van der Waals surface area contributed by atoms with E-state index in [1.54, 1.807) is 99.1 Å². The summed E-state index contributed by atoms with van der Waals surface area (Å²) < 4.78 is 47.7. The lowest BCUT2D eigenvalue weighted by atomic mass is 9.81. The Balaban J connectivity index is 0.000000129. The molecule has 2 aliphatic carbocycles. The molecule has 2 unspecified atom stereocenters. The van der Waals surface area contributed by atoms with Crippen LogP contribution >= 0.6 is 46.4 Å². The second kappa shape index (κ2) is 32.5. The van der Waals surface area contributed by atoms with Gasteiger partial charge in [-0.2, -0.15) is 0 Å². The first kappa shape index (κ1) is 77.6. The molecule has 0 radical (unpaired) electrons. The van der Waals surface area contributed by atoms with E-state index in [0.29, 0.717) is 130 Å². The van der Waals surface area contributed by atoms with Gasteiger partial charge in [0.2, 0.25) is 0 Å². The molecule has 2 amide bonds. The average Bonchev–Trinajstić information content (AvgIpc) is 1.63. The summed E-state index contributed by atoms with van der Waals surface area (Å²) in [4.78, 5) is 104. The number of rotatable bonds is 13. The van der Waals surface area contributed by atoms with E-state index in [2.05, 4.69) is 39.6 Å². The number of fused-ring (bicyclic) bond motifs is 9. The Hall–Kier alpha value is -11.0. The van der Waals surface area contributed by atoms with Crippen LogP contribution < -0.4 is 34.3 Å². The molecule has 2 atom stereocenters. The number of nitrogen functional groups attached to an aromatic ring is 1. The first-order valence-electron chi connectivity index (χ1n) is 33.3. The summed E-state index contributed by atoms with van der Waals surface area (Å²) in [7, 11) is 5.54. The van der Waals surface area contributed by atoms with Crippen LogP contribution in [0.1, 0.15) is 95.3 Å². The van der Waals surface area contributed by atoms with Crippen molar-refractivity contribution >= 4 is 167 Å². The van der Waals surface area contributed by atoms with Crippen molar-refractivity contribution in [1.82, 2.24) is 24.9 Å². The van der Waals surface area contributed by atoms with Crippen molar-refractivity contribution in [3.05, 3.63) is 212 Å². The Labute approximate surface area is 640 Å². The molecule has 2 fully saturated rings. The van der Waals surface area contributed by atoms with E-state index >= 15 is 0 Å². The molecule has 3 aliphatic heterocycles.